The molecule has 34 heavy (non-hydrogen) atoms. The minimum Gasteiger partial charge on any atom is -0.325 e. The van der Waals surface area contributed by atoms with Gasteiger partial charge in [-0.05, 0) is 37.0 Å². The van der Waals surface area contributed by atoms with E-state index in [1.165, 1.54) is 4.57 Å². The molecule has 0 aliphatic rings. The van der Waals surface area contributed by atoms with Crippen LogP contribution in [0.3, 0.4) is 0 Å². The lowest BCUT2D eigenvalue weighted by atomic mass is 10.1. The third-order valence-corrected chi connectivity index (χ3v) is 5.75. The molecule has 2 aromatic carbocycles. The molecule has 0 fully saturated rings. The van der Waals surface area contributed by atoms with Crippen LogP contribution in [0.5, 0.6) is 0 Å². The van der Waals surface area contributed by atoms with Crippen LogP contribution < -0.4 is 16.6 Å². The standard InChI is InChI=1S/C26H29N5O3/c1-18(2)13-14-29-17-27-24-23(29)25(33)31(16-22(32)28-21-11-9-19(3)10-12-21)26(34)30(24)15-20-7-5-4-6-8-20/h4-12,17-18H,13-16H2,1-3H3,(H,28,32). The molecular weight excluding hydrogens is 430 g/mol. The maximum atomic E-state index is 13.4. The second-order valence-corrected chi connectivity index (χ2v) is 8.95. The molecule has 2 aromatic heterocycles. The highest BCUT2D eigenvalue weighted by Gasteiger charge is 2.20. The number of fused-ring (bicyclic) bond motifs is 1. The second-order valence-electron chi connectivity index (χ2n) is 8.95. The van der Waals surface area contributed by atoms with Gasteiger partial charge < -0.3 is 9.88 Å². The maximum absolute atomic E-state index is 13.4. The van der Waals surface area contributed by atoms with E-state index < -0.39 is 17.2 Å². The third-order valence-electron chi connectivity index (χ3n) is 5.75. The number of benzene rings is 2. The molecular formula is C26H29N5O3. The Kier molecular flexibility index (Phi) is 6.77. The van der Waals surface area contributed by atoms with E-state index in [-0.39, 0.29) is 13.1 Å². The van der Waals surface area contributed by atoms with Crippen molar-refractivity contribution in [2.75, 3.05) is 5.32 Å². The van der Waals surface area contributed by atoms with Crippen molar-refractivity contribution in [3.8, 4) is 0 Å². The van der Waals surface area contributed by atoms with Gasteiger partial charge >= 0.3 is 5.69 Å². The van der Waals surface area contributed by atoms with Crippen LogP contribution in [-0.2, 0) is 24.4 Å². The van der Waals surface area contributed by atoms with E-state index in [4.69, 9.17) is 0 Å². The van der Waals surface area contributed by atoms with Crippen LogP contribution in [0.2, 0.25) is 0 Å². The number of imidazole rings is 1. The summed E-state index contributed by atoms with van der Waals surface area (Å²) in [5, 5.41) is 2.77. The predicted molar refractivity (Wildman–Crippen MR) is 133 cm³/mol. The first-order valence-electron chi connectivity index (χ1n) is 11.4. The van der Waals surface area contributed by atoms with Crippen LogP contribution >= 0.6 is 0 Å². The van der Waals surface area contributed by atoms with Gasteiger partial charge in [-0.2, -0.15) is 0 Å². The molecule has 0 aliphatic carbocycles. The number of hydrogen-bond donors (Lipinski definition) is 1. The van der Waals surface area contributed by atoms with Gasteiger partial charge in [-0.1, -0.05) is 61.9 Å². The third kappa shape index (κ3) is 5.01. The number of rotatable bonds is 8. The van der Waals surface area contributed by atoms with Gasteiger partial charge in [0.25, 0.3) is 5.56 Å². The number of carbonyl (C=O) groups is 1. The average molecular weight is 460 g/mol. The fourth-order valence-electron chi connectivity index (χ4n) is 3.83. The number of carbonyl (C=O) groups excluding carboxylic acids is 1. The molecule has 0 saturated carbocycles. The van der Waals surface area contributed by atoms with E-state index >= 15 is 0 Å². The molecule has 0 spiro atoms. The molecule has 176 valence electrons. The molecule has 0 bridgehead atoms. The zero-order valence-corrected chi connectivity index (χ0v) is 19.7. The van der Waals surface area contributed by atoms with E-state index in [0.29, 0.717) is 29.3 Å². The fourth-order valence-corrected chi connectivity index (χ4v) is 3.83. The molecule has 1 amide bonds. The Morgan fingerprint density at radius 2 is 1.71 bits per heavy atom. The first kappa shape index (κ1) is 23.2. The number of anilines is 1. The number of hydrogen-bond acceptors (Lipinski definition) is 4. The van der Waals surface area contributed by atoms with E-state index in [9.17, 15) is 14.4 Å². The van der Waals surface area contributed by atoms with Crippen molar-refractivity contribution in [2.24, 2.45) is 5.92 Å². The van der Waals surface area contributed by atoms with Crippen LogP contribution in [0.1, 0.15) is 31.4 Å². The normalized spacial score (nSPS) is 11.3. The summed E-state index contributed by atoms with van der Waals surface area (Å²) in [5.74, 6) is -0.00269. The fraction of sp³-hybridized carbons (Fsp3) is 0.308. The zero-order valence-electron chi connectivity index (χ0n) is 19.7. The van der Waals surface area contributed by atoms with Crippen LogP contribution in [0.25, 0.3) is 11.2 Å². The SMILES string of the molecule is Cc1ccc(NC(=O)Cn2c(=O)c3c(ncn3CCC(C)C)n(Cc3ccccc3)c2=O)cc1. The molecule has 0 radical (unpaired) electrons. The Hall–Kier alpha value is -3.94. The number of aromatic nitrogens is 4. The largest absolute Gasteiger partial charge is 0.333 e. The predicted octanol–water partition coefficient (Wildman–Crippen LogP) is 3.40. The summed E-state index contributed by atoms with van der Waals surface area (Å²) in [6.07, 6.45) is 2.46. The molecule has 8 heteroatoms. The summed E-state index contributed by atoms with van der Waals surface area (Å²) in [6.45, 7) is 6.64. The number of amides is 1. The van der Waals surface area contributed by atoms with E-state index in [0.717, 1.165) is 22.1 Å². The summed E-state index contributed by atoms with van der Waals surface area (Å²) in [6, 6.07) is 16.8. The minimum absolute atomic E-state index is 0.247. The number of nitrogens with zero attached hydrogens (tertiary/aromatic N) is 4. The maximum Gasteiger partial charge on any atom is 0.333 e. The smallest absolute Gasteiger partial charge is 0.325 e. The average Bonchev–Trinajstić information content (AvgIpc) is 3.24. The van der Waals surface area contributed by atoms with Crippen LogP contribution in [0.15, 0.2) is 70.5 Å². The number of aryl methyl sites for hydroxylation is 2. The molecule has 1 N–H and O–H groups in total. The van der Waals surface area contributed by atoms with Crippen molar-refractivity contribution in [3.63, 3.8) is 0 Å². The summed E-state index contributed by atoms with van der Waals surface area (Å²) in [7, 11) is 0. The second kappa shape index (κ2) is 9.91. The van der Waals surface area contributed by atoms with Gasteiger partial charge in [0.1, 0.15) is 6.54 Å². The lowest BCUT2D eigenvalue weighted by Crippen LogP contribution is -2.43. The Morgan fingerprint density at radius 1 is 1.00 bits per heavy atom. The number of nitrogens with one attached hydrogen (secondary N) is 1. The van der Waals surface area contributed by atoms with E-state index in [1.54, 1.807) is 23.0 Å². The molecule has 0 atom stereocenters. The monoisotopic (exact) mass is 459 g/mol. The lowest BCUT2D eigenvalue weighted by molar-refractivity contribution is -0.116. The van der Waals surface area contributed by atoms with E-state index in [1.807, 2.05) is 49.4 Å². The zero-order chi connectivity index (χ0) is 24.2. The minimum atomic E-state index is -0.561. The Morgan fingerprint density at radius 3 is 2.38 bits per heavy atom. The summed E-state index contributed by atoms with van der Waals surface area (Å²) in [4.78, 5) is 44.0. The van der Waals surface area contributed by atoms with Gasteiger partial charge in [-0.25, -0.2) is 14.3 Å². The molecule has 0 aliphatic heterocycles. The van der Waals surface area contributed by atoms with Gasteiger partial charge in [0.2, 0.25) is 5.91 Å². The summed E-state index contributed by atoms with van der Waals surface area (Å²) in [5.41, 5.74) is 2.17. The highest BCUT2D eigenvalue weighted by Crippen LogP contribution is 2.13. The molecule has 4 aromatic rings. The van der Waals surface area contributed by atoms with Crippen LogP contribution in [0.4, 0.5) is 5.69 Å². The Labute approximate surface area is 197 Å². The summed E-state index contributed by atoms with van der Waals surface area (Å²) < 4.78 is 4.26. The van der Waals surface area contributed by atoms with E-state index in [2.05, 4.69) is 24.1 Å². The molecule has 0 saturated heterocycles. The van der Waals surface area contributed by atoms with Crippen molar-refractivity contribution in [2.45, 2.75) is 46.8 Å². The van der Waals surface area contributed by atoms with Gasteiger partial charge in [0.05, 0.1) is 12.9 Å². The topological polar surface area (TPSA) is 90.9 Å². The molecule has 8 nitrogen and oxygen atoms in total. The van der Waals surface area contributed by atoms with Crippen LogP contribution in [-0.4, -0.2) is 24.6 Å². The first-order valence-corrected chi connectivity index (χ1v) is 11.4. The lowest BCUT2D eigenvalue weighted by Gasteiger charge is -2.13. The summed E-state index contributed by atoms with van der Waals surface area (Å²) >= 11 is 0. The van der Waals surface area contributed by atoms with Gasteiger partial charge in [0, 0.05) is 12.2 Å². The van der Waals surface area contributed by atoms with Crippen molar-refractivity contribution in [3.05, 3.63) is 92.9 Å². The molecule has 0 unspecified atom stereocenters. The van der Waals surface area contributed by atoms with Gasteiger partial charge in [-0.15, -0.1) is 0 Å². The van der Waals surface area contributed by atoms with Gasteiger partial charge in [-0.3, -0.25) is 14.2 Å². The molecule has 2 heterocycles. The van der Waals surface area contributed by atoms with Crippen LogP contribution in [0, 0.1) is 12.8 Å². The van der Waals surface area contributed by atoms with Crippen molar-refractivity contribution >= 4 is 22.8 Å². The van der Waals surface area contributed by atoms with Crippen molar-refractivity contribution < 1.29 is 4.79 Å². The Balaban J connectivity index is 1.77. The molecule has 4 rings (SSSR count). The highest BCUT2D eigenvalue weighted by atomic mass is 16.2. The highest BCUT2D eigenvalue weighted by molar-refractivity contribution is 5.90. The van der Waals surface area contributed by atoms with Crippen molar-refractivity contribution in [1.29, 1.82) is 0 Å². The van der Waals surface area contributed by atoms with Gasteiger partial charge in [0.15, 0.2) is 11.2 Å². The van der Waals surface area contributed by atoms with Crippen molar-refractivity contribution in [1.82, 2.24) is 18.7 Å². The Bertz CT molecular complexity index is 1410. The first-order chi connectivity index (χ1) is 16.3. The quantitative estimate of drug-likeness (QED) is 0.437.